The molecule has 0 aliphatic rings. The second kappa shape index (κ2) is 3.97. The fourth-order valence-corrected chi connectivity index (χ4v) is 1.10. The van der Waals surface area contributed by atoms with Crippen LogP contribution in [-0.4, -0.2) is 14.9 Å². The van der Waals surface area contributed by atoms with Gasteiger partial charge in [-0.2, -0.15) is 5.10 Å². The van der Waals surface area contributed by atoms with Crippen molar-refractivity contribution in [2.24, 2.45) is 7.05 Å². The van der Waals surface area contributed by atoms with Gasteiger partial charge in [0, 0.05) is 19.0 Å². The summed E-state index contributed by atoms with van der Waals surface area (Å²) in [6.07, 6.45) is 7.10. The second-order valence-electron chi connectivity index (χ2n) is 2.87. The molecule has 0 bridgehead atoms. The van der Waals surface area contributed by atoms with Gasteiger partial charge in [-0.3, -0.25) is 4.68 Å². The van der Waals surface area contributed by atoms with E-state index in [1.165, 1.54) is 4.68 Å². The molecule has 70 valence electrons. The van der Waals surface area contributed by atoms with Gasteiger partial charge in [-0.15, -0.1) is 12.3 Å². The number of rotatable bonds is 3. The van der Waals surface area contributed by atoms with E-state index in [0.29, 0.717) is 24.2 Å². The molecule has 4 heteroatoms. The molecule has 0 aromatic carbocycles. The Labute approximate surface area is 77.4 Å². The zero-order valence-electron chi connectivity index (χ0n) is 7.57. The predicted molar refractivity (Wildman–Crippen MR) is 50.6 cm³/mol. The predicted octanol–water partition coefficient (Wildman–Crippen LogP) is 0.449. The Morgan fingerprint density at radius 2 is 2.54 bits per heavy atom. The fourth-order valence-electron chi connectivity index (χ4n) is 1.10. The molecule has 1 aromatic heterocycles. The van der Waals surface area contributed by atoms with Crippen molar-refractivity contribution in [3.8, 4) is 12.3 Å². The monoisotopic (exact) mass is 179 g/mol. The number of aromatic nitrogens is 2. The number of hydrogen-bond acceptors (Lipinski definition) is 3. The number of hydrogen-bond donors (Lipinski definition) is 2. The molecule has 0 aliphatic carbocycles. The summed E-state index contributed by atoms with van der Waals surface area (Å²) >= 11 is 0. The van der Waals surface area contributed by atoms with E-state index in [9.17, 15) is 5.11 Å². The van der Waals surface area contributed by atoms with E-state index < -0.39 is 6.10 Å². The molecule has 4 nitrogen and oxygen atoms in total. The number of nitrogens with two attached hydrogens (primary N) is 1. The Kier molecular flexibility index (Phi) is 2.93. The zero-order valence-corrected chi connectivity index (χ0v) is 7.57. The SMILES string of the molecule is C#CCCC(O)c1cnn(C)c1N. The number of aliphatic hydroxyl groups excluding tert-OH is 1. The summed E-state index contributed by atoms with van der Waals surface area (Å²) < 4.78 is 1.52. The highest BCUT2D eigenvalue weighted by Crippen LogP contribution is 2.22. The van der Waals surface area contributed by atoms with Crippen LogP contribution in [-0.2, 0) is 7.05 Å². The summed E-state index contributed by atoms with van der Waals surface area (Å²) in [5, 5.41) is 13.5. The maximum absolute atomic E-state index is 9.62. The molecule has 1 atom stereocenters. The first-order chi connectivity index (χ1) is 6.16. The van der Waals surface area contributed by atoms with E-state index >= 15 is 0 Å². The Morgan fingerprint density at radius 3 is 3.00 bits per heavy atom. The molecular weight excluding hydrogens is 166 g/mol. The summed E-state index contributed by atoms with van der Waals surface area (Å²) in [5.41, 5.74) is 6.31. The first-order valence-electron chi connectivity index (χ1n) is 4.05. The molecule has 13 heavy (non-hydrogen) atoms. The molecule has 0 amide bonds. The van der Waals surface area contributed by atoms with Crippen LogP contribution in [0, 0.1) is 12.3 Å². The van der Waals surface area contributed by atoms with Gasteiger partial charge in [0.15, 0.2) is 0 Å². The highest BCUT2D eigenvalue weighted by atomic mass is 16.3. The van der Waals surface area contributed by atoms with Crippen LogP contribution in [0.25, 0.3) is 0 Å². The molecule has 0 saturated heterocycles. The van der Waals surface area contributed by atoms with Crippen molar-refractivity contribution in [3.05, 3.63) is 11.8 Å². The van der Waals surface area contributed by atoms with Crippen LogP contribution < -0.4 is 5.73 Å². The van der Waals surface area contributed by atoms with E-state index in [1.807, 2.05) is 0 Å². The van der Waals surface area contributed by atoms with Crippen LogP contribution in [0.3, 0.4) is 0 Å². The summed E-state index contributed by atoms with van der Waals surface area (Å²) in [5.74, 6) is 2.96. The lowest BCUT2D eigenvalue weighted by atomic mass is 10.1. The average molecular weight is 179 g/mol. The van der Waals surface area contributed by atoms with Gasteiger partial charge in [-0.1, -0.05) is 0 Å². The van der Waals surface area contributed by atoms with E-state index in [2.05, 4.69) is 11.0 Å². The number of aryl methyl sites for hydroxylation is 1. The third kappa shape index (κ3) is 2.01. The highest BCUT2D eigenvalue weighted by molar-refractivity contribution is 5.39. The maximum Gasteiger partial charge on any atom is 0.127 e. The molecule has 3 N–H and O–H groups in total. The van der Waals surface area contributed by atoms with Crippen LogP contribution in [0.1, 0.15) is 24.5 Å². The summed E-state index contributed by atoms with van der Waals surface area (Å²) in [6, 6.07) is 0. The first kappa shape index (κ1) is 9.62. The number of nitrogen functional groups attached to an aromatic ring is 1. The lowest BCUT2D eigenvalue weighted by Crippen LogP contribution is -2.03. The second-order valence-corrected chi connectivity index (χ2v) is 2.87. The molecule has 0 saturated carbocycles. The van der Waals surface area contributed by atoms with Crippen LogP contribution in [0.5, 0.6) is 0 Å². The molecule has 0 aliphatic heterocycles. The van der Waals surface area contributed by atoms with Crippen molar-refractivity contribution >= 4 is 5.82 Å². The molecule has 0 spiro atoms. The first-order valence-corrected chi connectivity index (χ1v) is 4.05. The van der Waals surface area contributed by atoms with Crippen molar-refractivity contribution in [2.45, 2.75) is 18.9 Å². The number of nitrogens with zero attached hydrogens (tertiary/aromatic N) is 2. The molecule has 1 rings (SSSR count). The van der Waals surface area contributed by atoms with Crippen molar-refractivity contribution in [2.75, 3.05) is 5.73 Å². The summed E-state index contributed by atoms with van der Waals surface area (Å²) in [7, 11) is 1.73. The van der Waals surface area contributed by atoms with Crippen molar-refractivity contribution < 1.29 is 5.11 Å². The van der Waals surface area contributed by atoms with Crippen molar-refractivity contribution in [1.82, 2.24) is 9.78 Å². The van der Waals surface area contributed by atoms with Gasteiger partial charge in [0.1, 0.15) is 5.82 Å². The van der Waals surface area contributed by atoms with Crippen LogP contribution >= 0.6 is 0 Å². The van der Waals surface area contributed by atoms with Crippen LogP contribution in [0.2, 0.25) is 0 Å². The Morgan fingerprint density at radius 1 is 1.85 bits per heavy atom. The average Bonchev–Trinajstić information content (AvgIpc) is 2.44. The van der Waals surface area contributed by atoms with Gasteiger partial charge in [0.25, 0.3) is 0 Å². The topological polar surface area (TPSA) is 64.1 Å². The minimum absolute atomic E-state index is 0.490. The lowest BCUT2D eigenvalue weighted by Gasteiger charge is -2.07. The third-order valence-corrected chi connectivity index (χ3v) is 1.94. The fraction of sp³-hybridized carbons (Fsp3) is 0.444. The molecular formula is C9H13N3O. The summed E-state index contributed by atoms with van der Waals surface area (Å²) in [6.45, 7) is 0. The van der Waals surface area contributed by atoms with Gasteiger partial charge in [-0.25, -0.2) is 0 Å². The highest BCUT2D eigenvalue weighted by Gasteiger charge is 2.13. The smallest absolute Gasteiger partial charge is 0.127 e. The van der Waals surface area contributed by atoms with Crippen molar-refractivity contribution in [3.63, 3.8) is 0 Å². The number of anilines is 1. The molecule has 1 heterocycles. The Hall–Kier alpha value is -1.47. The number of terminal acetylenes is 1. The lowest BCUT2D eigenvalue weighted by molar-refractivity contribution is 0.170. The van der Waals surface area contributed by atoms with E-state index in [4.69, 9.17) is 12.2 Å². The molecule has 1 unspecified atom stereocenters. The number of aliphatic hydroxyl groups is 1. The standard InChI is InChI=1S/C9H13N3O/c1-3-4-5-8(13)7-6-11-12(2)9(7)10/h1,6,8,13H,4-5,10H2,2H3. The minimum Gasteiger partial charge on any atom is -0.388 e. The minimum atomic E-state index is -0.607. The normalized spacial score (nSPS) is 12.4. The van der Waals surface area contributed by atoms with E-state index in [-0.39, 0.29) is 0 Å². The van der Waals surface area contributed by atoms with Gasteiger partial charge in [0.05, 0.1) is 12.3 Å². The molecule has 0 fully saturated rings. The van der Waals surface area contributed by atoms with Gasteiger partial charge >= 0.3 is 0 Å². The quantitative estimate of drug-likeness (QED) is 0.662. The molecule has 1 aromatic rings. The molecule has 0 radical (unpaired) electrons. The zero-order chi connectivity index (χ0) is 9.84. The van der Waals surface area contributed by atoms with Crippen LogP contribution in [0.4, 0.5) is 5.82 Å². The van der Waals surface area contributed by atoms with E-state index in [1.54, 1.807) is 13.2 Å². The van der Waals surface area contributed by atoms with Gasteiger partial charge in [0.2, 0.25) is 0 Å². The maximum atomic E-state index is 9.62. The Bertz CT molecular complexity index is 324. The third-order valence-electron chi connectivity index (χ3n) is 1.94. The summed E-state index contributed by atoms with van der Waals surface area (Å²) in [4.78, 5) is 0. The Balaban J connectivity index is 2.72. The van der Waals surface area contributed by atoms with Gasteiger partial charge in [-0.05, 0) is 6.42 Å². The largest absolute Gasteiger partial charge is 0.388 e. The van der Waals surface area contributed by atoms with Crippen LogP contribution in [0.15, 0.2) is 6.20 Å². The van der Waals surface area contributed by atoms with E-state index in [0.717, 1.165) is 0 Å². The van der Waals surface area contributed by atoms with Gasteiger partial charge < -0.3 is 10.8 Å². The van der Waals surface area contributed by atoms with Crippen molar-refractivity contribution in [1.29, 1.82) is 0 Å².